The van der Waals surface area contributed by atoms with E-state index in [9.17, 15) is 0 Å². The summed E-state index contributed by atoms with van der Waals surface area (Å²) in [6.07, 6.45) is 2.61. The van der Waals surface area contributed by atoms with Crippen molar-refractivity contribution in [3.8, 4) is 6.07 Å². The van der Waals surface area contributed by atoms with Crippen molar-refractivity contribution >= 4 is 12.4 Å². The molecule has 68 valence electrons. The van der Waals surface area contributed by atoms with Crippen LogP contribution in [0.3, 0.4) is 0 Å². The van der Waals surface area contributed by atoms with Crippen molar-refractivity contribution in [2.75, 3.05) is 6.54 Å². The van der Waals surface area contributed by atoms with Crippen molar-refractivity contribution < 1.29 is 0 Å². The molecular formula is C9H10ClN3. The number of nitriles is 1. The monoisotopic (exact) mass is 195 g/mol. The lowest BCUT2D eigenvalue weighted by atomic mass is 10.1. The SMILES string of the molecule is Cl.N#Cc1cnc2c(c1)CCNC2. The molecule has 0 atom stereocenters. The highest BCUT2D eigenvalue weighted by Crippen LogP contribution is 2.11. The second-order valence-corrected chi connectivity index (χ2v) is 2.87. The molecule has 0 unspecified atom stereocenters. The fraction of sp³-hybridized carbons (Fsp3) is 0.333. The molecule has 0 aliphatic carbocycles. The Bertz CT molecular complexity index is 343. The average Bonchev–Trinajstić information content (AvgIpc) is 2.17. The van der Waals surface area contributed by atoms with E-state index in [1.807, 2.05) is 6.07 Å². The lowest BCUT2D eigenvalue weighted by Crippen LogP contribution is -2.24. The third kappa shape index (κ3) is 1.97. The Hall–Kier alpha value is -1.11. The summed E-state index contributed by atoms with van der Waals surface area (Å²) >= 11 is 0. The first kappa shape index (κ1) is 9.97. The zero-order valence-corrected chi connectivity index (χ0v) is 7.90. The Kier molecular flexibility index (Phi) is 3.24. The van der Waals surface area contributed by atoms with E-state index in [-0.39, 0.29) is 12.4 Å². The molecule has 13 heavy (non-hydrogen) atoms. The van der Waals surface area contributed by atoms with Crippen LogP contribution in [0.4, 0.5) is 0 Å². The molecule has 0 saturated carbocycles. The molecule has 0 fully saturated rings. The first-order chi connectivity index (χ1) is 5.90. The van der Waals surface area contributed by atoms with Crippen molar-refractivity contribution in [3.63, 3.8) is 0 Å². The summed E-state index contributed by atoms with van der Waals surface area (Å²) in [5, 5.41) is 11.9. The summed E-state index contributed by atoms with van der Waals surface area (Å²) in [5.74, 6) is 0. The lowest BCUT2D eigenvalue weighted by Gasteiger charge is -2.15. The summed E-state index contributed by atoms with van der Waals surface area (Å²) in [7, 11) is 0. The van der Waals surface area contributed by atoms with Gasteiger partial charge in [-0.25, -0.2) is 0 Å². The Morgan fingerprint density at radius 3 is 3.15 bits per heavy atom. The van der Waals surface area contributed by atoms with Gasteiger partial charge in [0, 0.05) is 12.7 Å². The van der Waals surface area contributed by atoms with Crippen LogP contribution in [0.5, 0.6) is 0 Å². The first-order valence-electron chi connectivity index (χ1n) is 3.99. The molecule has 0 aromatic carbocycles. The highest BCUT2D eigenvalue weighted by Gasteiger charge is 2.09. The van der Waals surface area contributed by atoms with Crippen molar-refractivity contribution in [2.45, 2.75) is 13.0 Å². The molecule has 0 amide bonds. The van der Waals surface area contributed by atoms with Gasteiger partial charge in [-0.3, -0.25) is 4.98 Å². The number of halogens is 1. The van der Waals surface area contributed by atoms with Gasteiger partial charge in [-0.15, -0.1) is 12.4 Å². The third-order valence-electron chi connectivity index (χ3n) is 2.05. The quantitative estimate of drug-likeness (QED) is 0.673. The number of rotatable bonds is 0. The standard InChI is InChI=1S/C9H9N3.ClH/c10-4-7-3-8-1-2-11-6-9(8)12-5-7;/h3,5,11H,1-2,6H2;1H. The summed E-state index contributed by atoms with van der Waals surface area (Å²) in [6.45, 7) is 1.82. The van der Waals surface area contributed by atoms with Crippen LogP contribution < -0.4 is 5.32 Å². The fourth-order valence-electron chi connectivity index (χ4n) is 1.41. The Labute approximate surface area is 83.2 Å². The van der Waals surface area contributed by atoms with Crippen LogP contribution in [-0.2, 0) is 13.0 Å². The molecule has 0 bridgehead atoms. The van der Waals surface area contributed by atoms with Gasteiger partial charge in [-0.1, -0.05) is 0 Å². The number of hydrogen-bond acceptors (Lipinski definition) is 3. The molecule has 4 heteroatoms. The molecule has 0 saturated heterocycles. The maximum absolute atomic E-state index is 8.63. The second kappa shape index (κ2) is 4.22. The fourth-order valence-corrected chi connectivity index (χ4v) is 1.41. The Morgan fingerprint density at radius 1 is 1.54 bits per heavy atom. The minimum absolute atomic E-state index is 0. The van der Waals surface area contributed by atoms with E-state index in [1.165, 1.54) is 5.56 Å². The van der Waals surface area contributed by atoms with E-state index in [4.69, 9.17) is 5.26 Å². The minimum Gasteiger partial charge on any atom is -0.311 e. The summed E-state index contributed by atoms with van der Waals surface area (Å²) in [5.41, 5.74) is 2.96. The second-order valence-electron chi connectivity index (χ2n) is 2.87. The maximum Gasteiger partial charge on any atom is 0.101 e. The first-order valence-corrected chi connectivity index (χ1v) is 3.99. The van der Waals surface area contributed by atoms with E-state index < -0.39 is 0 Å². The van der Waals surface area contributed by atoms with Gasteiger partial charge in [0.1, 0.15) is 6.07 Å². The van der Waals surface area contributed by atoms with E-state index in [0.717, 1.165) is 25.2 Å². The lowest BCUT2D eigenvalue weighted by molar-refractivity contribution is 0.627. The van der Waals surface area contributed by atoms with Crippen LogP contribution in [-0.4, -0.2) is 11.5 Å². The topological polar surface area (TPSA) is 48.7 Å². The van der Waals surface area contributed by atoms with Crippen LogP contribution in [0.25, 0.3) is 0 Å². The molecule has 3 nitrogen and oxygen atoms in total. The molecule has 1 aliphatic rings. The predicted octanol–water partition coefficient (Wildman–Crippen LogP) is 1.02. The van der Waals surface area contributed by atoms with Gasteiger partial charge in [0.15, 0.2) is 0 Å². The predicted molar refractivity (Wildman–Crippen MR) is 51.6 cm³/mol. The number of hydrogen-bond donors (Lipinski definition) is 1. The normalized spacial score (nSPS) is 13.8. The van der Waals surface area contributed by atoms with E-state index in [0.29, 0.717) is 5.56 Å². The van der Waals surface area contributed by atoms with Gasteiger partial charge in [-0.2, -0.15) is 5.26 Å². The number of pyridine rings is 1. The van der Waals surface area contributed by atoms with Gasteiger partial charge >= 0.3 is 0 Å². The molecule has 1 aromatic rings. The van der Waals surface area contributed by atoms with Crippen molar-refractivity contribution in [1.29, 1.82) is 5.26 Å². The maximum atomic E-state index is 8.63. The van der Waals surface area contributed by atoms with E-state index >= 15 is 0 Å². The zero-order chi connectivity index (χ0) is 8.39. The van der Waals surface area contributed by atoms with Crippen LogP contribution in [0.2, 0.25) is 0 Å². The number of nitrogens with one attached hydrogen (secondary N) is 1. The van der Waals surface area contributed by atoms with Crippen LogP contribution in [0, 0.1) is 11.3 Å². The molecule has 1 aliphatic heterocycles. The summed E-state index contributed by atoms with van der Waals surface area (Å²) in [6, 6.07) is 4.03. The summed E-state index contributed by atoms with van der Waals surface area (Å²) in [4.78, 5) is 4.21. The van der Waals surface area contributed by atoms with E-state index in [2.05, 4.69) is 16.4 Å². The van der Waals surface area contributed by atoms with Crippen LogP contribution in [0.15, 0.2) is 12.3 Å². The van der Waals surface area contributed by atoms with E-state index in [1.54, 1.807) is 6.20 Å². The molecule has 0 spiro atoms. The van der Waals surface area contributed by atoms with Gasteiger partial charge in [0.25, 0.3) is 0 Å². The molecule has 2 heterocycles. The highest BCUT2D eigenvalue weighted by atomic mass is 35.5. The van der Waals surface area contributed by atoms with Gasteiger partial charge < -0.3 is 5.32 Å². The van der Waals surface area contributed by atoms with Crippen molar-refractivity contribution in [3.05, 3.63) is 29.1 Å². The number of aromatic nitrogens is 1. The zero-order valence-electron chi connectivity index (χ0n) is 7.08. The molecule has 1 aromatic heterocycles. The largest absolute Gasteiger partial charge is 0.311 e. The third-order valence-corrected chi connectivity index (χ3v) is 2.05. The molecular weight excluding hydrogens is 186 g/mol. The van der Waals surface area contributed by atoms with Gasteiger partial charge in [0.05, 0.1) is 11.3 Å². The molecule has 1 N–H and O–H groups in total. The number of fused-ring (bicyclic) bond motifs is 1. The highest BCUT2D eigenvalue weighted by molar-refractivity contribution is 5.85. The Morgan fingerprint density at radius 2 is 2.38 bits per heavy atom. The van der Waals surface area contributed by atoms with Crippen molar-refractivity contribution in [1.82, 2.24) is 10.3 Å². The van der Waals surface area contributed by atoms with Crippen molar-refractivity contribution in [2.24, 2.45) is 0 Å². The van der Waals surface area contributed by atoms with Crippen LogP contribution in [0.1, 0.15) is 16.8 Å². The summed E-state index contributed by atoms with van der Waals surface area (Å²) < 4.78 is 0. The average molecular weight is 196 g/mol. The molecule has 2 rings (SSSR count). The Balaban J connectivity index is 0.000000845. The smallest absolute Gasteiger partial charge is 0.101 e. The van der Waals surface area contributed by atoms with Gasteiger partial charge in [0.2, 0.25) is 0 Å². The minimum atomic E-state index is 0. The molecule has 0 radical (unpaired) electrons. The van der Waals surface area contributed by atoms with Crippen LogP contribution >= 0.6 is 12.4 Å². The van der Waals surface area contributed by atoms with Gasteiger partial charge in [-0.05, 0) is 24.6 Å². The number of nitrogens with zero attached hydrogens (tertiary/aromatic N) is 2.